The fourth-order valence-corrected chi connectivity index (χ4v) is 2.86. The Balaban J connectivity index is 1.96. The standard InChI is InChI=1S/C16H24N2O/c1-4-14-5-7-15(8-6-14)17-16(19)18-10-12(2)9-13(3)11-18/h5-8,12-13H,4,9-11H2,1-3H3,(H,17,19)/t12-,13-/m1/s1. The Hall–Kier alpha value is -1.51. The molecule has 0 saturated carbocycles. The molecule has 0 bridgehead atoms. The van der Waals surface area contributed by atoms with Crippen molar-refractivity contribution in [2.24, 2.45) is 11.8 Å². The molecule has 1 aromatic carbocycles. The Morgan fingerprint density at radius 2 is 1.79 bits per heavy atom. The first kappa shape index (κ1) is 13.9. The van der Waals surface area contributed by atoms with Crippen LogP contribution in [-0.2, 0) is 6.42 Å². The number of nitrogens with zero attached hydrogens (tertiary/aromatic N) is 1. The number of rotatable bonds is 2. The minimum Gasteiger partial charge on any atom is -0.324 e. The molecule has 3 heteroatoms. The number of piperidine rings is 1. The van der Waals surface area contributed by atoms with Crippen molar-refractivity contribution in [2.45, 2.75) is 33.6 Å². The van der Waals surface area contributed by atoms with Crippen LogP contribution >= 0.6 is 0 Å². The number of aryl methyl sites for hydroxylation is 1. The average molecular weight is 260 g/mol. The van der Waals surface area contributed by atoms with Crippen molar-refractivity contribution in [1.29, 1.82) is 0 Å². The van der Waals surface area contributed by atoms with Crippen LogP contribution in [0, 0.1) is 11.8 Å². The van der Waals surface area contributed by atoms with Gasteiger partial charge in [0.2, 0.25) is 0 Å². The van der Waals surface area contributed by atoms with Gasteiger partial charge in [-0.3, -0.25) is 0 Å². The monoisotopic (exact) mass is 260 g/mol. The number of benzene rings is 1. The number of carbonyl (C=O) groups excluding carboxylic acids is 1. The Bertz CT molecular complexity index is 417. The fraction of sp³-hybridized carbons (Fsp3) is 0.562. The molecular formula is C16H24N2O. The van der Waals surface area contributed by atoms with Crippen LogP contribution in [0.2, 0.25) is 0 Å². The van der Waals surface area contributed by atoms with E-state index in [4.69, 9.17) is 0 Å². The lowest BCUT2D eigenvalue weighted by Gasteiger charge is -2.34. The number of urea groups is 1. The van der Waals surface area contributed by atoms with Crippen molar-refractivity contribution < 1.29 is 4.79 Å². The molecule has 1 heterocycles. The summed E-state index contributed by atoms with van der Waals surface area (Å²) >= 11 is 0. The van der Waals surface area contributed by atoms with Crippen LogP contribution in [0.4, 0.5) is 10.5 Å². The highest BCUT2D eigenvalue weighted by Crippen LogP contribution is 2.21. The fourth-order valence-electron chi connectivity index (χ4n) is 2.86. The van der Waals surface area contributed by atoms with E-state index >= 15 is 0 Å². The molecule has 1 aliphatic heterocycles. The lowest BCUT2D eigenvalue weighted by atomic mass is 9.92. The third-order valence-corrected chi connectivity index (χ3v) is 3.77. The molecule has 0 aliphatic carbocycles. The second kappa shape index (κ2) is 6.09. The molecule has 1 saturated heterocycles. The van der Waals surface area contributed by atoms with Gasteiger partial charge in [0, 0.05) is 18.8 Å². The smallest absolute Gasteiger partial charge is 0.321 e. The predicted octanol–water partition coefficient (Wildman–Crippen LogP) is 3.76. The van der Waals surface area contributed by atoms with Gasteiger partial charge < -0.3 is 10.2 Å². The van der Waals surface area contributed by atoms with Gasteiger partial charge in [0.05, 0.1) is 0 Å². The van der Waals surface area contributed by atoms with Crippen LogP contribution in [0.25, 0.3) is 0 Å². The number of nitrogens with one attached hydrogen (secondary N) is 1. The van der Waals surface area contributed by atoms with Crippen molar-refractivity contribution in [3.8, 4) is 0 Å². The first-order valence-electron chi connectivity index (χ1n) is 7.23. The number of anilines is 1. The van der Waals surface area contributed by atoms with Crippen LogP contribution in [0.5, 0.6) is 0 Å². The highest BCUT2D eigenvalue weighted by Gasteiger charge is 2.25. The molecule has 1 N–H and O–H groups in total. The summed E-state index contributed by atoms with van der Waals surface area (Å²) in [7, 11) is 0. The Morgan fingerprint density at radius 1 is 1.21 bits per heavy atom. The van der Waals surface area contributed by atoms with E-state index in [0.29, 0.717) is 11.8 Å². The number of hydrogen-bond donors (Lipinski definition) is 1. The minimum atomic E-state index is 0.0302. The van der Waals surface area contributed by atoms with Gasteiger partial charge in [0.1, 0.15) is 0 Å². The summed E-state index contributed by atoms with van der Waals surface area (Å²) in [6.45, 7) is 8.29. The summed E-state index contributed by atoms with van der Waals surface area (Å²) in [6, 6.07) is 8.12. The van der Waals surface area contributed by atoms with Crippen molar-refractivity contribution in [3.63, 3.8) is 0 Å². The molecule has 2 atom stereocenters. The SMILES string of the molecule is CCc1ccc(NC(=O)N2C[C@H](C)C[C@@H](C)C2)cc1. The van der Waals surface area contributed by atoms with Gasteiger partial charge in [-0.15, -0.1) is 0 Å². The van der Waals surface area contributed by atoms with Crippen LogP contribution in [0.1, 0.15) is 32.8 Å². The lowest BCUT2D eigenvalue weighted by Crippen LogP contribution is -2.44. The molecule has 2 rings (SSSR count). The maximum absolute atomic E-state index is 12.2. The van der Waals surface area contributed by atoms with Crippen LogP contribution in [-0.4, -0.2) is 24.0 Å². The molecule has 1 fully saturated rings. The number of amides is 2. The summed E-state index contributed by atoms with van der Waals surface area (Å²) < 4.78 is 0. The van der Waals surface area contributed by atoms with Crippen molar-refractivity contribution in [1.82, 2.24) is 4.90 Å². The summed E-state index contributed by atoms with van der Waals surface area (Å²) in [5, 5.41) is 2.99. The zero-order chi connectivity index (χ0) is 13.8. The van der Waals surface area contributed by atoms with E-state index in [2.05, 4.69) is 38.2 Å². The summed E-state index contributed by atoms with van der Waals surface area (Å²) in [6.07, 6.45) is 2.24. The highest BCUT2D eigenvalue weighted by atomic mass is 16.2. The summed E-state index contributed by atoms with van der Waals surface area (Å²) in [5.74, 6) is 1.19. The number of likely N-dealkylation sites (tertiary alicyclic amines) is 1. The van der Waals surface area contributed by atoms with E-state index in [9.17, 15) is 4.79 Å². The van der Waals surface area contributed by atoms with Crippen LogP contribution < -0.4 is 5.32 Å². The molecule has 0 aromatic heterocycles. The van der Waals surface area contributed by atoms with Gasteiger partial charge in [0.15, 0.2) is 0 Å². The minimum absolute atomic E-state index is 0.0302. The van der Waals surface area contributed by atoms with E-state index in [1.54, 1.807) is 0 Å². The molecule has 104 valence electrons. The average Bonchev–Trinajstić information content (AvgIpc) is 2.38. The Kier molecular flexibility index (Phi) is 4.46. The largest absolute Gasteiger partial charge is 0.324 e. The molecule has 3 nitrogen and oxygen atoms in total. The molecule has 0 spiro atoms. The maximum Gasteiger partial charge on any atom is 0.321 e. The third-order valence-electron chi connectivity index (χ3n) is 3.77. The quantitative estimate of drug-likeness (QED) is 0.862. The molecule has 1 aliphatic rings. The highest BCUT2D eigenvalue weighted by molar-refractivity contribution is 5.89. The molecule has 0 unspecified atom stereocenters. The number of carbonyl (C=O) groups is 1. The van der Waals surface area contributed by atoms with Crippen molar-refractivity contribution >= 4 is 11.7 Å². The van der Waals surface area contributed by atoms with E-state index in [0.717, 1.165) is 25.2 Å². The molecule has 2 amide bonds. The van der Waals surface area contributed by atoms with Crippen LogP contribution in [0.3, 0.4) is 0 Å². The van der Waals surface area contributed by atoms with Gasteiger partial charge in [-0.2, -0.15) is 0 Å². The summed E-state index contributed by atoms with van der Waals surface area (Å²) in [5.41, 5.74) is 2.17. The van der Waals surface area contributed by atoms with Crippen LogP contribution in [0.15, 0.2) is 24.3 Å². The summed E-state index contributed by atoms with van der Waals surface area (Å²) in [4.78, 5) is 14.2. The zero-order valence-electron chi connectivity index (χ0n) is 12.1. The Morgan fingerprint density at radius 3 is 2.32 bits per heavy atom. The molecule has 19 heavy (non-hydrogen) atoms. The lowest BCUT2D eigenvalue weighted by molar-refractivity contribution is 0.156. The predicted molar refractivity (Wildman–Crippen MR) is 79.4 cm³/mol. The number of hydrogen-bond acceptors (Lipinski definition) is 1. The first-order valence-corrected chi connectivity index (χ1v) is 7.23. The first-order chi connectivity index (χ1) is 9.08. The van der Waals surface area contributed by atoms with E-state index in [1.807, 2.05) is 17.0 Å². The zero-order valence-corrected chi connectivity index (χ0v) is 12.1. The van der Waals surface area contributed by atoms with Gasteiger partial charge in [-0.25, -0.2) is 4.79 Å². The second-order valence-corrected chi connectivity index (χ2v) is 5.83. The van der Waals surface area contributed by atoms with E-state index in [1.165, 1.54) is 12.0 Å². The third kappa shape index (κ3) is 3.72. The topological polar surface area (TPSA) is 32.3 Å². The molecular weight excluding hydrogens is 236 g/mol. The maximum atomic E-state index is 12.2. The van der Waals surface area contributed by atoms with E-state index < -0.39 is 0 Å². The Labute approximate surface area is 116 Å². The molecule has 0 radical (unpaired) electrons. The van der Waals surface area contributed by atoms with Crippen molar-refractivity contribution in [3.05, 3.63) is 29.8 Å². The van der Waals surface area contributed by atoms with Gasteiger partial charge >= 0.3 is 6.03 Å². The second-order valence-electron chi connectivity index (χ2n) is 5.83. The van der Waals surface area contributed by atoms with Crippen molar-refractivity contribution in [2.75, 3.05) is 18.4 Å². The van der Waals surface area contributed by atoms with Gasteiger partial charge in [-0.1, -0.05) is 32.9 Å². The normalized spacial score (nSPS) is 23.2. The van der Waals surface area contributed by atoms with Gasteiger partial charge in [-0.05, 0) is 42.4 Å². The van der Waals surface area contributed by atoms with E-state index in [-0.39, 0.29) is 6.03 Å². The van der Waals surface area contributed by atoms with Gasteiger partial charge in [0.25, 0.3) is 0 Å². The molecule has 1 aromatic rings.